The van der Waals surface area contributed by atoms with Gasteiger partial charge in [-0.25, -0.2) is 4.98 Å². The number of nitrogens with zero attached hydrogens (tertiary/aromatic N) is 4. The largest absolute Gasteiger partial charge is 0.394 e. The summed E-state index contributed by atoms with van der Waals surface area (Å²) >= 11 is 0. The Morgan fingerprint density at radius 3 is 2.68 bits per heavy atom. The molecule has 0 radical (unpaired) electrons. The SMILES string of the molecule is CC1CCN(c2ncc(N)c(N)n2)CC1C(=O)N1CCCC1. The number of amides is 1. The van der Waals surface area contributed by atoms with Gasteiger partial charge in [0, 0.05) is 26.2 Å². The zero-order valence-corrected chi connectivity index (χ0v) is 13.0. The third-order valence-electron chi connectivity index (χ3n) is 4.81. The van der Waals surface area contributed by atoms with Crippen LogP contribution in [0.1, 0.15) is 26.2 Å². The summed E-state index contributed by atoms with van der Waals surface area (Å²) in [7, 11) is 0. The van der Waals surface area contributed by atoms with Crippen LogP contribution >= 0.6 is 0 Å². The van der Waals surface area contributed by atoms with Crippen molar-refractivity contribution in [3.05, 3.63) is 6.20 Å². The third-order valence-corrected chi connectivity index (χ3v) is 4.81. The standard InChI is InChI=1S/C15H24N6O/c1-10-4-7-21(15-18-8-12(16)13(17)19-15)9-11(10)14(22)20-5-2-3-6-20/h8,10-11H,2-7,9,16H2,1H3,(H2,17,18,19). The normalized spacial score (nSPS) is 25.5. The molecule has 0 bridgehead atoms. The number of rotatable bonds is 2. The van der Waals surface area contributed by atoms with Crippen molar-refractivity contribution < 1.29 is 4.79 Å². The first-order valence-electron chi connectivity index (χ1n) is 7.98. The average molecular weight is 304 g/mol. The van der Waals surface area contributed by atoms with Gasteiger partial charge in [0.1, 0.15) is 0 Å². The zero-order valence-electron chi connectivity index (χ0n) is 13.0. The summed E-state index contributed by atoms with van der Waals surface area (Å²) < 4.78 is 0. The van der Waals surface area contributed by atoms with Crippen molar-refractivity contribution in [2.24, 2.45) is 11.8 Å². The van der Waals surface area contributed by atoms with Crippen molar-refractivity contribution in [2.75, 3.05) is 42.5 Å². The maximum atomic E-state index is 12.7. The maximum Gasteiger partial charge on any atom is 0.227 e. The van der Waals surface area contributed by atoms with Gasteiger partial charge in [-0.1, -0.05) is 6.92 Å². The highest BCUT2D eigenvalue weighted by molar-refractivity contribution is 5.80. The van der Waals surface area contributed by atoms with Gasteiger partial charge in [-0.15, -0.1) is 0 Å². The first kappa shape index (κ1) is 14.9. The maximum absolute atomic E-state index is 12.7. The van der Waals surface area contributed by atoms with E-state index in [1.54, 1.807) is 0 Å². The Labute approximate surface area is 130 Å². The molecule has 2 atom stereocenters. The minimum absolute atomic E-state index is 0.00854. The van der Waals surface area contributed by atoms with E-state index in [-0.39, 0.29) is 11.8 Å². The lowest BCUT2D eigenvalue weighted by molar-refractivity contribution is -0.136. The van der Waals surface area contributed by atoms with Crippen LogP contribution in [0, 0.1) is 11.8 Å². The molecule has 3 rings (SSSR count). The number of hydrogen-bond acceptors (Lipinski definition) is 6. The fourth-order valence-electron chi connectivity index (χ4n) is 3.29. The predicted molar refractivity (Wildman–Crippen MR) is 86.2 cm³/mol. The van der Waals surface area contributed by atoms with E-state index in [0.717, 1.165) is 38.9 Å². The fraction of sp³-hybridized carbons (Fsp3) is 0.667. The predicted octanol–water partition coefficient (Wildman–Crippen LogP) is 0.726. The molecule has 120 valence electrons. The lowest BCUT2D eigenvalue weighted by Crippen LogP contribution is -2.48. The quantitative estimate of drug-likeness (QED) is 0.835. The van der Waals surface area contributed by atoms with E-state index in [1.807, 2.05) is 4.90 Å². The molecule has 0 spiro atoms. The molecule has 1 aromatic rings. The molecule has 2 fully saturated rings. The van der Waals surface area contributed by atoms with E-state index in [2.05, 4.69) is 21.8 Å². The van der Waals surface area contributed by atoms with E-state index < -0.39 is 0 Å². The lowest BCUT2D eigenvalue weighted by Gasteiger charge is -2.37. The summed E-state index contributed by atoms with van der Waals surface area (Å²) in [5.41, 5.74) is 11.8. The van der Waals surface area contributed by atoms with Crippen molar-refractivity contribution >= 4 is 23.4 Å². The van der Waals surface area contributed by atoms with Crippen molar-refractivity contribution in [1.29, 1.82) is 0 Å². The summed E-state index contributed by atoms with van der Waals surface area (Å²) in [4.78, 5) is 25.3. The van der Waals surface area contributed by atoms with Gasteiger partial charge in [0.25, 0.3) is 0 Å². The highest BCUT2D eigenvalue weighted by atomic mass is 16.2. The monoisotopic (exact) mass is 304 g/mol. The molecule has 7 nitrogen and oxygen atoms in total. The Morgan fingerprint density at radius 2 is 2.00 bits per heavy atom. The molecule has 0 saturated carbocycles. The summed E-state index contributed by atoms with van der Waals surface area (Å²) in [6, 6.07) is 0. The topological polar surface area (TPSA) is 101 Å². The van der Waals surface area contributed by atoms with Crippen LogP contribution in [0.2, 0.25) is 0 Å². The number of piperidine rings is 1. The molecule has 2 aliphatic heterocycles. The summed E-state index contributed by atoms with van der Waals surface area (Å²) in [5, 5.41) is 0. The number of aromatic nitrogens is 2. The van der Waals surface area contributed by atoms with Crippen LogP contribution in [0.15, 0.2) is 6.20 Å². The average Bonchev–Trinajstić information content (AvgIpc) is 3.04. The minimum atomic E-state index is 0.00854. The molecule has 1 amide bonds. The van der Waals surface area contributed by atoms with Crippen LogP contribution in [0.5, 0.6) is 0 Å². The van der Waals surface area contributed by atoms with Gasteiger partial charge < -0.3 is 21.3 Å². The summed E-state index contributed by atoms with van der Waals surface area (Å²) in [6.45, 7) is 5.45. The van der Waals surface area contributed by atoms with Gasteiger partial charge in [-0.3, -0.25) is 4.79 Å². The molecule has 0 aliphatic carbocycles. The first-order valence-corrected chi connectivity index (χ1v) is 7.98. The smallest absolute Gasteiger partial charge is 0.227 e. The number of carbonyl (C=O) groups excluding carboxylic acids is 1. The zero-order chi connectivity index (χ0) is 15.7. The number of hydrogen-bond donors (Lipinski definition) is 2. The summed E-state index contributed by atoms with van der Waals surface area (Å²) in [5.74, 6) is 1.53. The number of carbonyl (C=O) groups is 1. The van der Waals surface area contributed by atoms with Crippen LogP contribution in [-0.4, -0.2) is 47.0 Å². The molecule has 0 aromatic carbocycles. The molecule has 7 heteroatoms. The van der Waals surface area contributed by atoms with E-state index in [0.29, 0.717) is 29.9 Å². The van der Waals surface area contributed by atoms with Crippen LogP contribution in [0.4, 0.5) is 17.5 Å². The van der Waals surface area contributed by atoms with Gasteiger partial charge in [0.15, 0.2) is 5.82 Å². The Morgan fingerprint density at radius 1 is 1.27 bits per heavy atom. The van der Waals surface area contributed by atoms with Crippen molar-refractivity contribution in [3.8, 4) is 0 Å². The first-order chi connectivity index (χ1) is 10.6. The Bertz CT molecular complexity index is 557. The van der Waals surface area contributed by atoms with E-state index in [9.17, 15) is 4.79 Å². The Kier molecular flexibility index (Phi) is 4.04. The lowest BCUT2D eigenvalue weighted by atomic mass is 9.86. The Balaban J connectivity index is 1.74. The van der Waals surface area contributed by atoms with Gasteiger partial charge >= 0.3 is 0 Å². The van der Waals surface area contributed by atoms with Crippen molar-refractivity contribution in [2.45, 2.75) is 26.2 Å². The number of nitrogens with two attached hydrogens (primary N) is 2. The molecule has 22 heavy (non-hydrogen) atoms. The van der Waals surface area contributed by atoms with Crippen molar-refractivity contribution in [3.63, 3.8) is 0 Å². The van der Waals surface area contributed by atoms with E-state index >= 15 is 0 Å². The van der Waals surface area contributed by atoms with Crippen LogP contribution in [0.25, 0.3) is 0 Å². The van der Waals surface area contributed by atoms with Crippen LogP contribution < -0.4 is 16.4 Å². The second-order valence-electron chi connectivity index (χ2n) is 6.36. The second-order valence-corrected chi connectivity index (χ2v) is 6.36. The molecular formula is C15H24N6O. The molecular weight excluding hydrogens is 280 g/mol. The van der Waals surface area contributed by atoms with Gasteiger partial charge in [0.2, 0.25) is 11.9 Å². The van der Waals surface area contributed by atoms with Crippen LogP contribution in [0.3, 0.4) is 0 Å². The molecule has 2 unspecified atom stereocenters. The highest BCUT2D eigenvalue weighted by Gasteiger charge is 2.35. The van der Waals surface area contributed by atoms with Gasteiger partial charge in [-0.2, -0.15) is 4.98 Å². The number of nitrogen functional groups attached to an aromatic ring is 2. The number of anilines is 3. The van der Waals surface area contributed by atoms with Gasteiger partial charge in [0.05, 0.1) is 17.8 Å². The molecule has 1 aromatic heterocycles. The summed E-state index contributed by atoms with van der Waals surface area (Å²) in [6.07, 6.45) is 4.73. The molecule has 2 aliphatic rings. The Hall–Kier alpha value is -2.05. The van der Waals surface area contributed by atoms with Crippen LogP contribution in [-0.2, 0) is 4.79 Å². The van der Waals surface area contributed by atoms with Crippen molar-refractivity contribution in [1.82, 2.24) is 14.9 Å². The van der Waals surface area contributed by atoms with E-state index in [4.69, 9.17) is 11.5 Å². The third kappa shape index (κ3) is 2.80. The second kappa shape index (κ2) is 5.98. The molecule has 2 saturated heterocycles. The van der Waals surface area contributed by atoms with Gasteiger partial charge in [-0.05, 0) is 25.2 Å². The fourth-order valence-corrected chi connectivity index (χ4v) is 3.29. The molecule has 3 heterocycles. The minimum Gasteiger partial charge on any atom is -0.394 e. The highest BCUT2D eigenvalue weighted by Crippen LogP contribution is 2.29. The molecule has 4 N–H and O–H groups in total. The van der Waals surface area contributed by atoms with E-state index in [1.165, 1.54) is 6.20 Å². The number of likely N-dealkylation sites (tertiary alicyclic amines) is 1.